The van der Waals surface area contributed by atoms with E-state index in [1.165, 1.54) is 12.1 Å². The lowest BCUT2D eigenvalue weighted by Gasteiger charge is -2.41. The number of piperidine rings is 1. The van der Waals surface area contributed by atoms with Gasteiger partial charge in [0.15, 0.2) is 5.60 Å². The molecule has 2 bridgehead atoms. The summed E-state index contributed by atoms with van der Waals surface area (Å²) in [5.74, 6) is -1.89. The van der Waals surface area contributed by atoms with E-state index in [1.807, 2.05) is 5.32 Å². The molecule has 0 saturated carbocycles. The number of amides is 2. The van der Waals surface area contributed by atoms with Crippen molar-refractivity contribution in [3.05, 3.63) is 52.5 Å². The molecule has 2 heterocycles. The van der Waals surface area contributed by atoms with Gasteiger partial charge in [0.1, 0.15) is 5.75 Å². The molecule has 2 aliphatic rings. The maximum absolute atomic E-state index is 13.1. The molecule has 2 aliphatic heterocycles. The van der Waals surface area contributed by atoms with Gasteiger partial charge in [-0.15, -0.1) is 0 Å². The van der Waals surface area contributed by atoms with Crippen molar-refractivity contribution >= 4 is 46.4 Å². The third kappa shape index (κ3) is 5.83. The number of benzene rings is 2. The third-order valence-electron chi connectivity index (χ3n) is 6.55. The number of carbonyl (C=O) groups is 2. The second kappa shape index (κ2) is 10.0. The monoisotopic (exact) mass is 543 g/mol. The molecule has 6 nitrogen and oxygen atoms in total. The fourth-order valence-electron chi connectivity index (χ4n) is 4.87. The quantitative estimate of drug-likeness (QED) is 0.471. The summed E-state index contributed by atoms with van der Waals surface area (Å²) in [6.07, 6.45) is -1.59. The lowest BCUT2D eigenvalue weighted by Crippen LogP contribution is -2.55. The first-order valence-electron chi connectivity index (χ1n) is 11.5. The zero-order valence-electron chi connectivity index (χ0n) is 19.7. The Bertz CT molecular complexity index is 1130. The molecule has 2 amide bonds. The van der Waals surface area contributed by atoms with Crippen molar-refractivity contribution < 1.29 is 27.5 Å². The number of rotatable bonds is 6. The molecular formula is C25H26Cl2F3N3O3. The lowest BCUT2D eigenvalue weighted by atomic mass is 9.95. The standard InChI is InChI=1S/C25H26Cl2F3N3O3/c1-24(2,36-21-10-3-14(26)11-20(21)27)22(34)32-16-12-18-8-9-19(13-16)33(18)17-6-4-15(5-7-17)31-23(35)25(28,29)30/h3-7,10-11,16,18-19H,8-9,12-13H2,1-2H3,(H,31,35)(H,32,34)/t16-,18+,19-. The Morgan fingerprint density at radius 1 is 0.972 bits per heavy atom. The van der Waals surface area contributed by atoms with Crippen LogP contribution < -0.4 is 20.3 Å². The van der Waals surface area contributed by atoms with Gasteiger partial charge < -0.3 is 20.3 Å². The van der Waals surface area contributed by atoms with E-state index in [0.717, 1.165) is 31.4 Å². The van der Waals surface area contributed by atoms with Crippen LogP contribution in [0.3, 0.4) is 0 Å². The van der Waals surface area contributed by atoms with Crippen molar-refractivity contribution in [2.24, 2.45) is 0 Å². The highest BCUT2D eigenvalue weighted by atomic mass is 35.5. The SMILES string of the molecule is CC(C)(Oc1ccc(Cl)cc1Cl)C(=O)N[C@H]1C[C@H]2CC[C@@H](C1)N2c1ccc(NC(=O)C(F)(F)F)cc1. The first-order chi connectivity index (χ1) is 16.8. The molecular weight excluding hydrogens is 518 g/mol. The van der Waals surface area contributed by atoms with E-state index < -0.39 is 17.7 Å². The van der Waals surface area contributed by atoms with Crippen molar-refractivity contribution in [2.45, 2.75) is 69.4 Å². The van der Waals surface area contributed by atoms with Crippen LogP contribution in [0.15, 0.2) is 42.5 Å². The fourth-order valence-corrected chi connectivity index (χ4v) is 5.32. The number of nitrogens with one attached hydrogen (secondary N) is 2. The lowest BCUT2D eigenvalue weighted by molar-refractivity contribution is -0.167. The highest BCUT2D eigenvalue weighted by Crippen LogP contribution is 2.40. The number of ether oxygens (including phenoxy) is 1. The minimum absolute atomic E-state index is 0.0415. The van der Waals surface area contributed by atoms with Crippen LogP contribution >= 0.6 is 23.2 Å². The molecule has 2 saturated heterocycles. The van der Waals surface area contributed by atoms with Crippen LogP contribution in [0.2, 0.25) is 10.0 Å². The van der Waals surface area contributed by atoms with Gasteiger partial charge in [-0.05, 0) is 82.0 Å². The van der Waals surface area contributed by atoms with Crippen molar-refractivity contribution in [3.63, 3.8) is 0 Å². The second-order valence-corrected chi connectivity index (χ2v) is 10.5. The van der Waals surface area contributed by atoms with Crippen LogP contribution in [-0.4, -0.2) is 41.7 Å². The number of fused-ring (bicyclic) bond motifs is 2. The molecule has 36 heavy (non-hydrogen) atoms. The van der Waals surface area contributed by atoms with Crippen molar-refractivity contribution in [1.29, 1.82) is 0 Å². The predicted molar refractivity (Wildman–Crippen MR) is 133 cm³/mol. The molecule has 2 aromatic carbocycles. The second-order valence-electron chi connectivity index (χ2n) is 9.62. The van der Waals surface area contributed by atoms with Crippen LogP contribution in [0.4, 0.5) is 24.5 Å². The maximum atomic E-state index is 13.1. The maximum Gasteiger partial charge on any atom is 0.471 e. The van der Waals surface area contributed by atoms with Gasteiger partial charge in [0.2, 0.25) is 0 Å². The average Bonchev–Trinajstić information content (AvgIpc) is 3.05. The Kier molecular flexibility index (Phi) is 7.35. The van der Waals surface area contributed by atoms with Crippen molar-refractivity contribution in [3.8, 4) is 5.75 Å². The molecule has 0 spiro atoms. The highest BCUT2D eigenvalue weighted by Gasteiger charge is 2.43. The molecule has 0 radical (unpaired) electrons. The van der Waals surface area contributed by atoms with Gasteiger partial charge in [0, 0.05) is 34.5 Å². The molecule has 194 valence electrons. The van der Waals surface area contributed by atoms with E-state index in [4.69, 9.17) is 27.9 Å². The first-order valence-corrected chi connectivity index (χ1v) is 12.3. The number of carbonyl (C=O) groups excluding carboxylic acids is 2. The first kappa shape index (κ1) is 26.4. The van der Waals surface area contributed by atoms with E-state index in [-0.39, 0.29) is 29.7 Å². The normalized spacial score (nSPS) is 21.8. The van der Waals surface area contributed by atoms with Gasteiger partial charge in [0.05, 0.1) is 5.02 Å². The topological polar surface area (TPSA) is 70.7 Å². The predicted octanol–water partition coefficient (Wildman–Crippen LogP) is 5.97. The van der Waals surface area contributed by atoms with Gasteiger partial charge in [-0.3, -0.25) is 9.59 Å². The van der Waals surface area contributed by atoms with E-state index in [2.05, 4.69) is 10.2 Å². The molecule has 0 unspecified atom stereocenters. The van der Waals surface area contributed by atoms with E-state index in [1.54, 1.807) is 44.2 Å². The summed E-state index contributed by atoms with van der Waals surface area (Å²) in [5, 5.41) is 5.76. The van der Waals surface area contributed by atoms with Crippen LogP contribution in [0.5, 0.6) is 5.75 Å². The van der Waals surface area contributed by atoms with Gasteiger partial charge in [-0.25, -0.2) is 0 Å². The summed E-state index contributed by atoms with van der Waals surface area (Å²) in [6.45, 7) is 3.35. The minimum atomic E-state index is -4.94. The zero-order valence-corrected chi connectivity index (χ0v) is 21.2. The molecule has 3 atom stereocenters. The summed E-state index contributed by atoms with van der Waals surface area (Å²) >= 11 is 12.1. The Morgan fingerprint density at radius 3 is 2.14 bits per heavy atom. The number of hydrogen-bond donors (Lipinski definition) is 2. The largest absolute Gasteiger partial charge is 0.476 e. The number of alkyl halides is 3. The molecule has 11 heteroatoms. The van der Waals surface area contributed by atoms with Gasteiger partial charge in [-0.1, -0.05) is 23.2 Å². The van der Waals surface area contributed by atoms with Gasteiger partial charge >= 0.3 is 12.1 Å². The summed E-state index contributed by atoms with van der Waals surface area (Å²) in [6, 6.07) is 11.5. The highest BCUT2D eigenvalue weighted by molar-refractivity contribution is 6.35. The molecule has 4 rings (SSSR count). The fraction of sp³-hybridized carbons (Fsp3) is 0.440. The number of halogens is 5. The van der Waals surface area contributed by atoms with E-state index in [9.17, 15) is 22.8 Å². The summed E-state index contributed by atoms with van der Waals surface area (Å²) in [7, 11) is 0. The molecule has 2 aromatic rings. The van der Waals surface area contributed by atoms with E-state index >= 15 is 0 Å². The van der Waals surface area contributed by atoms with E-state index in [0.29, 0.717) is 15.8 Å². The molecule has 2 N–H and O–H groups in total. The Balaban J connectivity index is 1.37. The van der Waals surface area contributed by atoms with Gasteiger partial charge in [-0.2, -0.15) is 13.2 Å². The summed E-state index contributed by atoms with van der Waals surface area (Å²) in [5.41, 5.74) is -0.207. The van der Waals surface area contributed by atoms with Crippen LogP contribution in [0.25, 0.3) is 0 Å². The molecule has 0 aliphatic carbocycles. The van der Waals surface area contributed by atoms with Crippen molar-refractivity contribution in [2.75, 3.05) is 10.2 Å². The van der Waals surface area contributed by atoms with Crippen LogP contribution in [-0.2, 0) is 9.59 Å². The number of nitrogens with zero attached hydrogens (tertiary/aromatic N) is 1. The Hall–Kier alpha value is -2.65. The van der Waals surface area contributed by atoms with Gasteiger partial charge in [0.25, 0.3) is 5.91 Å². The number of hydrogen-bond acceptors (Lipinski definition) is 4. The van der Waals surface area contributed by atoms with Crippen molar-refractivity contribution in [1.82, 2.24) is 5.32 Å². The molecule has 2 fully saturated rings. The summed E-state index contributed by atoms with van der Waals surface area (Å²) < 4.78 is 43.4. The molecule has 0 aromatic heterocycles. The third-order valence-corrected chi connectivity index (χ3v) is 7.09. The van der Waals surface area contributed by atoms with Crippen LogP contribution in [0.1, 0.15) is 39.5 Å². The zero-order chi connectivity index (χ0) is 26.3. The average molecular weight is 544 g/mol. The Labute approximate surface area is 217 Å². The van der Waals surface area contributed by atoms with Crippen LogP contribution in [0, 0.1) is 0 Å². The smallest absolute Gasteiger partial charge is 0.471 e. The summed E-state index contributed by atoms with van der Waals surface area (Å²) in [4.78, 5) is 26.5. The Morgan fingerprint density at radius 2 is 1.58 bits per heavy atom. The minimum Gasteiger partial charge on any atom is -0.476 e. The number of anilines is 2.